The van der Waals surface area contributed by atoms with Gasteiger partial charge in [0.05, 0.1) is 12.2 Å². The van der Waals surface area contributed by atoms with Crippen molar-refractivity contribution in [2.24, 2.45) is 5.73 Å². The van der Waals surface area contributed by atoms with E-state index in [0.717, 1.165) is 5.56 Å². The Hall–Kier alpha value is -4.20. The zero-order valence-electron chi connectivity index (χ0n) is 17.7. The van der Waals surface area contributed by atoms with Crippen LogP contribution >= 0.6 is 0 Å². The highest BCUT2D eigenvalue weighted by atomic mass is 16.5. The summed E-state index contributed by atoms with van der Waals surface area (Å²) in [6.45, 7) is 5.51. The van der Waals surface area contributed by atoms with Crippen molar-refractivity contribution in [3.05, 3.63) is 84.0 Å². The molecule has 2 rings (SSSR count). The maximum Gasteiger partial charge on any atom is 0.343 e. The molecule has 0 saturated carbocycles. The first-order valence-corrected chi connectivity index (χ1v) is 9.84. The number of carbonyl (C=O) groups is 3. The van der Waals surface area contributed by atoms with E-state index in [4.69, 9.17) is 20.6 Å². The largest absolute Gasteiger partial charge is 0.465 e. The molecule has 8 nitrogen and oxygen atoms in total. The summed E-state index contributed by atoms with van der Waals surface area (Å²) < 4.78 is 10.2. The standard InChI is InChI=1S/C24H25N3O5/c1-3-15-27(16-22(28)31-4-2)23(29)18-8-10-19(11-9-18)24(30)32-20-12-5-17(6-13-20)7-14-21(25)26/h3,5-14H,1,4,15-16H2,2H3,(H3,25,26). The number of hydrogen-bond acceptors (Lipinski definition) is 6. The summed E-state index contributed by atoms with van der Waals surface area (Å²) in [5, 5.41) is 7.18. The van der Waals surface area contributed by atoms with Gasteiger partial charge in [-0.3, -0.25) is 15.0 Å². The van der Waals surface area contributed by atoms with E-state index in [1.165, 1.54) is 41.3 Å². The first kappa shape index (κ1) is 24.1. The lowest BCUT2D eigenvalue weighted by Crippen LogP contribution is -2.36. The van der Waals surface area contributed by atoms with Gasteiger partial charge in [-0.1, -0.05) is 24.3 Å². The molecule has 0 aromatic heterocycles. The molecule has 1 amide bonds. The predicted octanol–water partition coefficient (Wildman–Crippen LogP) is 3.05. The lowest BCUT2D eigenvalue weighted by atomic mass is 10.1. The summed E-state index contributed by atoms with van der Waals surface area (Å²) in [5.41, 5.74) is 6.65. The van der Waals surface area contributed by atoms with Gasteiger partial charge in [0.25, 0.3) is 5.91 Å². The average Bonchev–Trinajstić information content (AvgIpc) is 2.78. The highest BCUT2D eigenvalue weighted by molar-refractivity contribution is 5.98. The molecule has 0 atom stereocenters. The Morgan fingerprint density at radius 1 is 1.06 bits per heavy atom. The summed E-state index contributed by atoms with van der Waals surface area (Å²) in [4.78, 5) is 38.1. The van der Waals surface area contributed by atoms with E-state index in [9.17, 15) is 14.4 Å². The molecule has 3 N–H and O–H groups in total. The van der Waals surface area contributed by atoms with Gasteiger partial charge in [-0.15, -0.1) is 6.58 Å². The molecule has 0 unspecified atom stereocenters. The summed E-state index contributed by atoms with van der Waals surface area (Å²) in [7, 11) is 0. The molecule has 0 spiro atoms. The van der Waals surface area contributed by atoms with Gasteiger partial charge in [-0.25, -0.2) is 4.79 Å². The minimum atomic E-state index is -0.578. The number of amidine groups is 1. The first-order chi connectivity index (χ1) is 15.3. The van der Waals surface area contributed by atoms with E-state index in [2.05, 4.69) is 6.58 Å². The van der Waals surface area contributed by atoms with Crippen LogP contribution in [0.5, 0.6) is 5.75 Å². The molecule has 166 valence electrons. The SMILES string of the molecule is C=CCN(CC(=O)OCC)C(=O)c1ccc(C(=O)Oc2ccc(C=CC(=N)N)cc2)cc1. The van der Waals surface area contributed by atoms with Crippen LogP contribution in [0.15, 0.2) is 67.3 Å². The number of hydrogen-bond donors (Lipinski definition) is 2. The molecular weight excluding hydrogens is 410 g/mol. The number of carbonyl (C=O) groups excluding carboxylic acids is 3. The third kappa shape index (κ3) is 7.24. The Bertz CT molecular complexity index is 1010. The second kappa shape index (κ2) is 11.8. The number of nitrogens with two attached hydrogens (primary N) is 1. The van der Waals surface area contributed by atoms with E-state index in [1.807, 2.05) is 0 Å². The van der Waals surface area contributed by atoms with Crippen molar-refractivity contribution in [3.8, 4) is 5.75 Å². The molecule has 0 saturated heterocycles. The first-order valence-electron chi connectivity index (χ1n) is 9.84. The zero-order chi connectivity index (χ0) is 23.5. The van der Waals surface area contributed by atoms with Crippen LogP contribution in [0, 0.1) is 5.41 Å². The van der Waals surface area contributed by atoms with Crippen molar-refractivity contribution in [1.29, 1.82) is 5.41 Å². The Morgan fingerprint density at radius 3 is 2.25 bits per heavy atom. The van der Waals surface area contributed by atoms with Crippen LogP contribution in [-0.4, -0.2) is 48.3 Å². The quantitative estimate of drug-likeness (QED) is 0.194. The van der Waals surface area contributed by atoms with Gasteiger partial charge < -0.3 is 20.1 Å². The van der Waals surface area contributed by atoms with Crippen LogP contribution in [0.25, 0.3) is 6.08 Å². The van der Waals surface area contributed by atoms with Crippen molar-refractivity contribution < 1.29 is 23.9 Å². The highest BCUT2D eigenvalue weighted by Gasteiger charge is 2.19. The number of benzene rings is 2. The molecule has 0 aliphatic heterocycles. The van der Waals surface area contributed by atoms with E-state index in [1.54, 1.807) is 37.3 Å². The van der Waals surface area contributed by atoms with Gasteiger partial charge in [0.15, 0.2) is 0 Å². The Morgan fingerprint density at radius 2 is 1.69 bits per heavy atom. The third-order valence-electron chi connectivity index (χ3n) is 4.18. The zero-order valence-corrected chi connectivity index (χ0v) is 17.7. The van der Waals surface area contributed by atoms with Crippen molar-refractivity contribution in [2.75, 3.05) is 19.7 Å². The molecule has 0 aliphatic rings. The van der Waals surface area contributed by atoms with Gasteiger partial charge in [0.2, 0.25) is 0 Å². The molecule has 0 radical (unpaired) electrons. The maximum absolute atomic E-state index is 12.7. The number of rotatable bonds is 10. The molecule has 0 heterocycles. The fourth-order valence-corrected chi connectivity index (χ4v) is 2.67. The van der Waals surface area contributed by atoms with E-state index in [0.29, 0.717) is 11.3 Å². The van der Waals surface area contributed by atoms with E-state index in [-0.39, 0.29) is 37.0 Å². The van der Waals surface area contributed by atoms with Crippen molar-refractivity contribution in [2.45, 2.75) is 6.92 Å². The fourth-order valence-electron chi connectivity index (χ4n) is 2.67. The summed E-state index contributed by atoms with van der Waals surface area (Å²) in [6, 6.07) is 12.6. The Labute approximate surface area is 186 Å². The van der Waals surface area contributed by atoms with Gasteiger partial charge in [0, 0.05) is 12.1 Å². The highest BCUT2D eigenvalue weighted by Crippen LogP contribution is 2.16. The fraction of sp³-hybridized carbons (Fsp3) is 0.167. The Kier molecular flexibility index (Phi) is 8.91. The van der Waals surface area contributed by atoms with Crippen LogP contribution < -0.4 is 10.5 Å². The number of ether oxygens (including phenoxy) is 2. The number of nitrogens with zero attached hydrogens (tertiary/aromatic N) is 1. The molecule has 0 bridgehead atoms. The minimum absolute atomic E-state index is 0.0593. The van der Waals surface area contributed by atoms with Crippen LogP contribution in [0.3, 0.4) is 0 Å². The second-order valence-electron chi connectivity index (χ2n) is 6.60. The number of esters is 2. The predicted molar refractivity (Wildman–Crippen MR) is 122 cm³/mol. The van der Waals surface area contributed by atoms with Gasteiger partial charge in [0.1, 0.15) is 18.1 Å². The average molecular weight is 435 g/mol. The summed E-state index contributed by atoms with van der Waals surface area (Å²) >= 11 is 0. The topological polar surface area (TPSA) is 123 Å². The molecule has 2 aromatic carbocycles. The van der Waals surface area contributed by atoms with Gasteiger partial charge in [-0.2, -0.15) is 0 Å². The second-order valence-corrected chi connectivity index (χ2v) is 6.60. The van der Waals surface area contributed by atoms with E-state index >= 15 is 0 Å². The Balaban J connectivity index is 2.04. The van der Waals surface area contributed by atoms with Crippen LogP contribution in [0.4, 0.5) is 0 Å². The monoisotopic (exact) mass is 435 g/mol. The molecule has 32 heavy (non-hydrogen) atoms. The minimum Gasteiger partial charge on any atom is -0.465 e. The lowest BCUT2D eigenvalue weighted by molar-refractivity contribution is -0.143. The molecule has 8 heteroatoms. The van der Waals surface area contributed by atoms with Crippen molar-refractivity contribution in [1.82, 2.24) is 4.90 Å². The lowest BCUT2D eigenvalue weighted by Gasteiger charge is -2.20. The molecular formula is C24H25N3O5. The smallest absolute Gasteiger partial charge is 0.343 e. The molecule has 0 aliphatic carbocycles. The van der Waals surface area contributed by atoms with Crippen LogP contribution in [0.2, 0.25) is 0 Å². The molecule has 2 aromatic rings. The van der Waals surface area contributed by atoms with Crippen LogP contribution in [0.1, 0.15) is 33.2 Å². The van der Waals surface area contributed by atoms with Crippen molar-refractivity contribution >= 4 is 29.8 Å². The summed E-state index contributed by atoms with van der Waals surface area (Å²) in [6.07, 6.45) is 4.64. The van der Waals surface area contributed by atoms with Gasteiger partial charge in [-0.05, 0) is 55.0 Å². The maximum atomic E-state index is 12.7. The normalized spacial score (nSPS) is 10.4. The van der Waals surface area contributed by atoms with E-state index < -0.39 is 11.9 Å². The van der Waals surface area contributed by atoms with Gasteiger partial charge >= 0.3 is 11.9 Å². The van der Waals surface area contributed by atoms with Crippen LogP contribution in [-0.2, 0) is 9.53 Å². The third-order valence-corrected chi connectivity index (χ3v) is 4.18. The number of amides is 1. The number of nitrogens with one attached hydrogen (secondary N) is 1. The molecule has 0 fully saturated rings. The van der Waals surface area contributed by atoms with Crippen molar-refractivity contribution in [3.63, 3.8) is 0 Å². The summed E-state index contributed by atoms with van der Waals surface area (Å²) in [5.74, 6) is -1.18.